The van der Waals surface area contributed by atoms with Crippen molar-refractivity contribution in [3.8, 4) is 5.69 Å². The van der Waals surface area contributed by atoms with Gasteiger partial charge in [0.25, 0.3) is 5.56 Å². The number of pyridine rings is 1. The van der Waals surface area contributed by atoms with E-state index >= 15 is 0 Å². The maximum atomic E-state index is 13.7. The smallest absolute Gasteiger partial charge is 0.255 e. The highest BCUT2D eigenvalue weighted by Gasteiger charge is 2.06. The third kappa shape index (κ3) is 2.07. The topological polar surface area (TPSA) is 22.0 Å². The van der Waals surface area contributed by atoms with Crippen molar-refractivity contribution >= 4 is 15.9 Å². The van der Waals surface area contributed by atoms with Gasteiger partial charge in [0.2, 0.25) is 0 Å². The molecule has 2 rings (SSSR count). The summed E-state index contributed by atoms with van der Waals surface area (Å²) in [4.78, 5) is 11.6. The summed E-state index contributed by atoms with van der Waals surface area (Å²) in [5.41, 5.74) is 0.922. The Morgan fingerprint density at radius 3 is 2.69 bits per heavy atom. The minimum Gasteiger partial charge on any atom is -0.281 e. The van der Waals surface area contributed by atoms with E-state index in [0.29, 0.717) is 4.47 Å². The fourth-order valence-corrected chi connectivity index (χ4v) is 1.79. The molecule has 0 aliphatic carbocycles. The summed E-state index contributed by atoms with van der Waals surface area (Å²) in [5.74, 6) is -0.429. The van der Waals surface area contributed by atoms with Crippen molar-refractivity contribution in [2.45, 2.75) is 6.92 Å². The lowest BCUT2D eigenvalue weighted by molar-refractivity contribution is 0.615. The van der Waals surface area contributed by atoms with Crippen LogP contribution in [0, 0.1) is 12.7 Å². The molecular weight excluding hydrogens is 273 g/mol. The zero-order valence-electron chi connectivity index (χ0n) is 8.58. The Labute approximate surface area is 100 Å². The van der Waals surface area contributed by atoms with Crippen LogP contribution in [-0.4, -0.2) is 4.57 Å². The van der Waals surface area contributed by atoms with Crippen molar-refractivity contribution in [3.63, 3.8) is 0 Å². The molecule has 16 heavy (non-hydrogen) atoms. The van der Waals surface area contributed by atoms with E-state index in [1.807, 2.05) is 6.92 Å². The highest BCUT2D eigenvalue weighted by atomic mass is 79.9. The van der Waals surface area contributed by atoms with Gasteiger partial charge in [0.15, 0.2) is 0 Å². The van der Waals surface area contributed by atoms with E-state index in [1.165, 1.54) is 16.7 Å². The molecule has 0 aliphatic rings. The number of rotatable bonds is 1. The molecule has 0 spiro atoms. The molecule has 0 aliphatic heterocycles. The van der Waals surface area contributed by atoms with Crippen molar-refractivity contribution in [2.75, 3.05) is 0 Å². The third-order valence-corrected chi connectivity index (χ3v) is 2.72. The lowest BCUT2D eigenvalue weighted by Crippen LogP contribution is -2.17. The standard InChI is InChI=1S/C12H9BrFNO/c1-8-2-5-12(16)15(7-8)11-4-3-9(13)6-10(11)14/h2-7H,1H3. The molecular formula is C12H9BrFNO. The van der Waals surface area contributed by atoms with Crippen molar-refractivity contribution < 1.29 is 4.39 Å². The summed E-state index contributed by atoms with van der Waals surface area (Å²) in [6.45, 7) is 1.85. The first kappa shape index (κ1) is 11.1. The first-order valence-corrected chi connectivity index (χ1v) is 5.52. The van der Waals surface area contributed by atoms with Gasteiger partial charge in [-0.15, -0.1) is 0 Å². The number of hydrogen-bond acceptors (Lipinski definition) is 1. The number of aryl methyl sites for hydroxylation is 1. The predicted octanol–water partition coefficient (Wildman–Crippen LogP) is 3.05. The maximum absolute atomic E-state index is 13.7. The SMILES string of the molecule is Cc1ccc(=O)n(-c2ccc(Br)cc2F)c1. The van der Waals surface area contributed by atoms with Crippen LogP contribution in [0.2, 0.25) is 0 Å². The first-order chi connectivity index (χ1) is 7.58. The average Bonchev–Trinajstić information content (AvgIpc) is 2.22. The Morgan fingerprint density at radius 1 is 1.25 bits per heavy atom. The summed E-state index contributed by atoms with van der Waals surface area (Å²) in [5, 5.41) is 0. The van der Waals surface area contributed by atoms with E-state index in [4.69, 9.17) is 0 Å². The molecule has 82 valence electrons. The van der Waals surface area contributed by atoms with E-state index < -0.39 is 5.82 Å². The number of aromatic nitrogens is 1. The molecule has 0 saturated heterocycles. The average molecular weight is 282 g/mol. The molecule has 0 unspecified atom stereocenters. The highest BCUT2D eigenvalue weighted by Crippen LogP contribution is 2.17. The van der Waals surface area contributed by atoms with Crippen molar-refractivity contribution in [2.24, 2.45) is 0 Å². The van der Waals surface area contributed by atoms with E-state index in [-0.39, 0.29) is 11.2 Å². The second-order valence-corrected chi connectivity index (χ2v) is 4.43. The molecule has 2 aromatic rings. The molecule has 1 aromatic carbocycles. The Hall–Kier alpha value is -1.42. The van der Waals surface area contributed by atoms with E-state index in [0.717, 1.165) is 5.56 Å². The van der Waals surface area contributed by atoms with Gasteiger partial charge in [-0.2, -0.15) is 0 Å². The van der Waals surface area contributed by atoms with Crippen LogP contribution in [0.4, 0.5) is 4.39 Å². The Balaban J connectivity index is 2.67. The first-order valence-electron chi connectivity index (χ1n) is 4.72. The largest absolute Gasteiger partial charge is 0.281 e. The molecule has 1 aromatic heterocycles. The fourth-order valence-electron chi connectivity index (χ4n) is 1.46. The van der Waals surface area contributed by atoms with Gasteiger partial charge >= 0.3 is 0 Å². The van der Waals surface area contributed by atoms with Crippen LogP contribution < -0.4 is 5.56 Å². The van der Waals surface area contributed by atoms with Crippen molar-refractivity contribution in [1.29, 1.82) is 0 Å². The number of benzene rings is 1. The van der Waals surface area contributed by atoms with Crippen LogP contribution in [0.3, 0.4) is 0 Å². The van der Waals surface area contributed by atoms with Gasteiger partial charge in [-0.25, -0.2) is 4.39 Å². The zero-order chi connectivity index (χ0) is 11.7. The fraction of sp³-hybridized carbons (Fsp3) is 0.0833. The summed E-state index contributed by atoms with van der Waals surface area (Å²) in [7, 11) is 0. The second kappa shape index (κ2) is 4.22. The molecule has 0 amide bonds. The molecule has 0 atom stereocenters. The minimum absolute atomic E-state index is 0.244. The van der Waals surface area contributed by atoms with Crippen molar-refractivity contribution in [1.82, 2.24) is 4.57 Å². The van der Waals surface area contributed by atoms with E-state index in [1.54, 1.807) is 24.4 Å². The summed E-state index contributed by atoms with van der Waals surface area (Å²) < 4.78 is 15.6. The van der Waals surface area contributed by atoms with Gasteiger partial charge in [0.05, 0.1) is 5.69 Å². The summed E-state index contributed by atoms with van der Waals surface area (Å²) in [6, 6.07) is 7.74. The van der Waals surface area contributed by atoms with Gasteiger partial charge in [0, 0.05) is 16.7 Å². The highest BCUT2D eigenvalue weighted by molar-refractivity contribution is 9.10. The Kier molecular flexibility index (Phi) is 2.92. The Morgan fingerprint density at radius 2 is 2.00 bits per heavy atom. The molecule has 4 heteroatoms. The van der Waals surface area contributed by atoms with Crippen LogP contribution in [0.25, 0.3) is 5.69 Å². The van der Waals surface area contributed by atoms with Crippen LogP contribution in [0.15, 0.2) is 45.8 Å². The lowest BCUT2D eigenvalue weighted by atomic mass is 10.2. The lowest BCUT2D eigenvalue weighted by Gasteiger charge is -2.07. The van der Waals surface area contributed by atoms with Crippen LogP contribution >= 0.6 is 15.9 Å². The molecule has 0 saturated carbocycles. The molecule has 0 N–H and O–H groups in total. The maximum Gasteiger partial charge on any atom is 0.255 e. The van der Waals surface area contributed by atoms with Gasteiger partial charge in [-0.1, -0.05) is 22.0 Å². The van der Waals surface area contributed by atoms with Gasteiger partial charge in [0.1, 0.15) is 5.82 Å². The zero-order valence-corrected chi connectivity index (χ0v) is 10.2. The number of nitrogens with zero attached hydrogens (tertiary/aromatic N) is 1. The predicted molar refractivity (Wildman–Crippen MR) is 64.4 cm³/mol. The third-order valence-electron chi connectivity index (χ3n) is 2.23. The molecule has 2 nitrogen and oxygen atoms in total. The molecule has 0 radical (unpaired) electrons. The minimum atomic E-state index is -0.429. The van der Waals surface area contributed by atoms with Crippen LogP contribution in [0.1, 0.15) is 5.56 Å². The normalized spacial score (nSPS) is 10.4. The van der Waals surface area contributed by atoms with E-state index in [2.05, 4.69) is 15.9 Å². The van der Waals surface area contributed by atoms with E-state index in [9.17, 15) is 9.18 Å². The molecule has 0 bridgehead atoms. The second-order valence-electron chi connectivity index (χ2n) is 3.51. The molecule has 1 heterocycles. The van der Waals surface area contributed by atoms with Crippen molar-refractivity contribution in [3.05, 3.63) is 62.7 Å². The quantitative estimate of drug-likeness (QED) is 0.788. The summed E-state index contributed by atoms with van der Waals surface area (Å²) in [6.07, 6.45) is 1.62. The van der Waals surface area contributed by atoms with Gasteiger partial charge in [-0.3, -0.25) is 9.36 Å². The van der Waals surface area contributed by atoms with Gasteiger partial charge < -0.3 is 0 Å². The molecule has 0 fully saturated rings. The Bertz CT molecular complexity index is 592. The monoisotopic (exact) mass is 281 g/mol. The summed E-state index contributed by atoms with van der Waals surface area (Å²) >= 11 is 3.17. The number of halogens is 2. The van der Waals surface area contributed by atoms with Crippen LogP contribution in [0.5, 0.6) is 0 Å². The van der Waals surface area contributed by atoms with Crippen LogP contribution in [-0.2, 0) is 0 Å². The number of hydrogen-bond donors (Lipinski definition) is 0. The van der Waals surface area contributed by atoms with Gasteiger partial charge in [-0.05, 0) is 30.7 Å².